The lowest BCUT2D eigenvalue weighted by Gasteiger charge is -2.14. The van der Waals surface area contributed by atoms with Crippen molar-refractivity contribution in [1.82, 2.24) is 14.7 Å². The lowest BCUT2D eigenvalue weighted by Crippen LogP contribution is -2.34. The van der Waals surface area contributed by atoms with E-state index >= 15 is 0 Å². The van der Waals surface area contributed by atoms with E-state index in [9.17, 15) is 14.7 Å². The van der Waals surface area contributed by atoms with Gasteiger partial charge in [0.2, 0.25) is 0 Å². The zero-order chi connectivity index (χ0) is 16.3. The van der Waals surface area contributed by atoms with Gasteiger partial charge in [-0.3, -0.25) is 14.0 Å². The Morgan fingerprint density at radius 2 is 2.18 bits per heavy atom. The second-order valence-corrected chi connectivity index (χ2v) is 5.81. The molecule has 0 bridgehead atoms. The maximum absolute atomic E-state index is 12.3. The van der Waals surface area contributed by atoms with Gasteiger partial charge in [-0.1, -0.05) is 6.92 Å². The van der Waals surface area contributed by atoms with Crippen LogP contribution in [0.2, 0.25) is 0 Å². The third kappa shape index (κ3) is 3.71. The normalized spacial score (nSPS) is 13.8. The highest BCUT2D eigenvalue weighted by Crippen LogP contribution is 2.05. The Bertz CT molecular complexity index is 737. The van der Waals surface area contributed by atoms with Crippen molar-refractivity contribution in [3.8, 4) is 0 Å². The summed E-state index contributed by atoms with van der Waals surface area (Å²) in [5.41, 5.74) is 1.15. The Morgan fingerprint density at radius 3 is 2.86 bits per heavy atom. The van der Waals surface area contributed by atoms with Crippen molar-refractivity contribution < 1.29 is 9.90 Å². The van der Waals surface area contributed by atoms with Crippen molar-refractivity contribution in [3.05, 3.63) is 46.0 Å². The second-order valence-electron chi connectivity index (χ2n) is 5.81. The van der Waals surface area contributed by atoms with Crippen molar-refractivity contribution in [1.29, 1.82) is 0 Å². The molecule has 2 aromatic heterocycles. The van der Waals surface area contributed by atoms with E-state index in [1.807, 2.05) is 13.8 Å². The van der Waals surface area contributed by atoms with Crippen LogP contribution in [0, 0.1) is 12.8 Å². The number of pyridine rings is 1. The van der Waals surface area contributed by atoms with Gasteiger partial charge < -0.3 is 10.4 Å². The molecule has 0 spiro atoms. The fourth-order valence-corrected chi connectivity index (χ4v) is 2.36. The van der Waals surface area contributed by atoms with Crippen LogP contribution in [0.4, 0.5) is 0 Å². The number of nitrogens with one attached hydrogen (secondary N) is 1. The van der Waals surface area contributed by atoms with E-state index in [2.05, 4.69) is 10.3 Å². The molecule has 0 saturated carbocycles. The van der Waals surface area contributed by atoms with Gasteiger partial charge in [-0.2, -0.15) is 0 Å². The third-order valence-electron chi connectivity index (χ3n) is 3.46. The summed E-state index contributed by atoms with van der Waals surface area (Å²) in [6.45, 7) is 5.96. The molecule has 2 aromatic rings. The number of rotatable bonds is 5. The zero-order valence-electron chi connectivity index (χ0n) is 13.0. The van der Waals surface area contributed by atoms with Gasteiger partial charge in [0.25, 0.3) is 11.5 Å². The summed E-state index contributed by atoms with van der Waals surface area (Å²) in [6.07, 6.45) is 3.11. The molecule has 0 radical (unpaired) electrons. The summed E-state index contributed by atoms with van der Waals surface area (Å²) in [5, 5.41) is 12.0. The van der Waals surface area contributed by atoms with Crippen LogP contribution in [0.5, 0.6) is 0 Å². The number of aryl methyl sites for hydroxylation is 1. The van der Waals surface area contributed by atoms with E-state index in [0.29, 0.717) is 18.6 Å². The Hall–Kier alpha value is -2.21. The van der Waals surface area contributed by atoms with E-state index in [1.54, 1.807) is 25.3 Å². The van der Waals surface area contributed by atoms with E-state index < -0.39 is 12.0 Å². The number of hydrogen-bond donors (Lipinski definition) is 2. The van der Waals surface area contributed by atoms with Gasteiger partial charge in [0, 0.05) is 18.9 Å². The first kappa shape index (κ1) is 16.2. The third-order valence-corrected chi connectivity index (χ3v) is 3.46. The van der Waals surface area contributed by atoms with Gasteiger partial charge in [0.15, 0.2) is 0 Å². The van der Waals surface area contributed by atoms with Crippen molar-refractivity contribution >= 4 is 11.6 Å². The topological polar surface area (TPSA) is 83.7 Å². The van der Waals surface area contributed by atoms with Crippen LogP contribution in [0.15, 0.2) is 29.3 Å². The summed E-state index contributed by atoms with van der Waals surface area (Å²) >= 11 is 0. The average molecular weight is 303 g/mol. The molecule has 0 aliphatic heterocycles. The fourth-order valence-electron chi connectivity index (χ4n) is 2.36. The highest BCUT2D eigenvalue weighted by atomic mass is 16.3. The maximum atomic E-state index is 12.3. The Balaban J connectivity index is 2.17. The molecule has 0 aliphatic rings. The predicted molar refractivity (Wildman–Crippen MR) is 84.0 cm³/mol. The highest BCUT2D eigenvalue weighted by molar-refractivity contribution is 5.93. The molecule has 118 valence electrons. The summed E-state index contributed by atoms with van der Waals surface area (Å²) in [6, 6.07) is 3.58. The maximum Gasteiger partial charge on any atom is 0.270 e. The summed E-state index contributed by atoms with van der Waals surface area (Å²) in [5.74, 6) is -0.312. The molecular formula is C16H21N3O3. The Labute approximate surface area is 128 Å². The van der Waals surface area contributed by atoms with Crippen LogP contribution >= 0.6 is 0 Å². The number of aromatic nitrogens is 2. The summed E-state index contributed by atoms with van der Waals surface area (Å²) < 4.78 is 1.36. The van der Waals surface area contributed by atoms with Crippen LogP contribution in [0.25, 0.3) is 5.65 Å². The first-order chi connectivity index (χ1) is 10.4. The van der Waals surface area contributed by atoms with Crippen molar-refractivity contribution in [3.63, 3.8) is 0 Å². The number of nitrogens with zero attached hydrogens (tertiary/aromatic N) is 2. The number of aliphatic hydroxyl groups is 1. The molecule has 2 unspecified atom stereocenters. The van der Waals surface area contributed by atoms with Gasteiger partial charge in [-0.25, -0.2) is 4.98 Å². The minimum absolute atomic E-state index is 0.0191. The molecular weight excluding hydrogens is 282 g/mol. The first-order valence-electron chi connectivity index (χ1n) is 7.32. The van der Waals surface area contributed by atoms with Crippen LogP contribution in [0.1, 0.15) is 36.2 Å². The predicted octanol–water partition coefficient (Wildman–Crippen LogP) is 1.14. The Morgan fingerprint density at radius 1 is 1.45 bits per heavy atom. The first-order valence-corrected chi connectivity index (χ1v) is 7.32. The molecule has 2 rings (SSSR count). The van der Waals surface area contributed by atoms with E-state index in [-0.39, 0.29) is 17.0 Å². The monoisotopic (exact) mass is 303 g/mol. The van der Waals surface area contributed by atoms with Crippen LogP contribution < -0.4 is 10.9 Å². The molecule has 2 heterocycles. The molecule has 6 heteroatoms. The zero-order valence-corrected chi connectivity index (χ0v) is 13.0. The standard InChI is InChI=1S/C16H21N3O3/c1-10-4-5-19-14(7-10)17-9-13(16(19)22)15(21)18-8-11(2)6-12(3)20/h4-5,7,9,11-12,20H,6,8H2,1-3H3,(H,18,21). The number of aliphatic hydroxyl groups excluding tert-OH is 1. The van der Waals surface area contributed by atoms with Crippen LogP contribution in [-0.2, 0) is 0 Å². The van der Waals surface area contributed by atoms with Crippen molar-refractivity contribution in [2.24, 2.45) is 5.92 Å². The fraction of sp³-hybridized carbons (Fsp3) is 0.438. The molecule has 2 atom stereocenters. The molecule has 1 amide bonds. The van der Waals surface area contributed by atoms with Gasteiger partial charge in [0.1, 0.15) is 11.2 Å². The van der Waals surface area contributed by atoms with Crippen LogP contribution in [0.3, 0.4) is 0 Å². The Kier molecular flexibility index (Phi) is 4.92. The summed E-state index contributed by atoms with van der Waals surface area (Å²) in [4.78, 5) is 28.6. The molecule has 2 N–H and O–H groups in total. The average Bonchev–Trinajstić information content (AvgIpc) is 2.44. The SMILES string of the molecule is Cc1ccn2c(=O)c(C(=O)NCC(C)CC(C)O)cnc2c1. The molecule has 6 nitrogen and oxygen atoms in total. The molecule has 0 aromatic carbocycles. The number of carbonyl (C=O) groups is 1. The quantitative estimate of drug-likeness (QED) is 0.867. The van der Waals surface area contributed by atoms with Crippen LogP contribution in [-0.4, -0.2) is 33.0 Å². The lowest BCUT2D eigenvalue weighted by molar-refractivity contribution is 0.0937. The van der Waals surface area contributed by atoms with E-state index in [4.69, 9.17) is 0 Å². The van der Waals surface area contributed by atoms with Crippen molar-refractivity contribution in [2.45, 2.75) is 33.3 Å². The van der Waals surface area contributed by atoms with Gasteiger partial charge in [-0.15, -0.1) is 0 Å². The van der Waals surface area contributed by atoms with Gasteiger partial charge >= 0.3 is 0 Å². The molecule has 0 fully saturated rings. The van der Waals surface area contributed by atoms with E-state index in [1.165, 1.54) is 10.6 Å². The number of fused-ring (bicyclic) bond motifs is 1. The van der Waals surface area contributed by atoms with Crippen molar-refractivity contribution in [2.75, 3.05) is 6.54 Å². The minimum Gasteiger partial charge on any atom is -0.393 e. The van der Waals surface area contributed by atoms with E-state index in [0.717, 1.165) is 5.56 Å². The molecule has 0 aliphatic carbocycles. The number of hydrogen-bond acceptors (Lipinski definition) is 4. The summed E-state index contributed by atoms with van der Waals surface area (Å²) in [7, 11) is 0. The number of carbonyl (C=O) groups excluding carboxylic acids is 1. The van der Waals surface area contributed by atoms with Gasteiger partial charge in [-0.05, 0) is 43.9 Å². The molecule has 22 heavy (non-hydrogen) atoms. The second kappa shape index (κ2) is 6.70. The largest absolute Gasteiger partial charge is 0.393 e. The highest BCUT2D eigenvalue weighted by Gasteiger charge is 2.14. The minimum atomic E-state index is -0.440. The smallest absolute Gasteiger partial charge is 0.270 e. The molecule has 0 saturated heterocycles. The van der Waals surface area contributed by atoms with Gasteiger partial charge in [0.05, 0.1) is 6.10 Å². The number of amides is 1. The lowest BCUT2D eigenvalue weighted by atomic mass is 10.0.